The number of benzene rings is 1. The average molecular weight is 366 g/mol. The summed E-state index contributed by atoms with van der Waals surface area (Å²) in [6, 6.07) is 10.4. The highest BCUT2D eigenvalue weighted by Gasteiger charge is 2.28. The van der Waals surface area contributed by atoms with Gasteiger partial charge in [0.2, 0.25) is 17.6 Å². The minimum absolute atomic E-state index is 0.0255. The number of hydrogen-bond acceptors (Lipinski definition) is 5. The molecule has 1 aromatic carbocycles. The van der Waals surface area contributed by atoms with Gasteiger partial charge >= 0.3 is 0 Å². The van der Waals surface area contributed by atoms with Crippen molar-refractivity contribution in [2.75, 3.05) is 13.1 Å². The Morgan fingerprint density at radius 1 is 1.22 bits per heavy atom. The van der Waals surface area contributed by atoms with Crippen LogP contribution in [-0.2, 0) is 11.2 Å². The van der Waals surface area contributed by atoms with Gasteiger partial charge in [-0.3, -0.25) is 9.78 Å². The molecule has 0 radical (unpaired) electrons. The molecule has 27 heavy (non-hydrogen) atoms. The Labute approximate surface area is 156 Å². The van der Waals surface area contributed by atoms with Gasteiger partial charge in [-0.15, -0.1) is 0 Å². The van der Waals surface area contributed by atoms with Gasteiger partial charge in [0, 0.05) is 49.8 Å². The zero-order chi connectivity index (χ0) is 18.6. The van der Waals surface area contributed by atoms with Gasteiger partial charge in [0.15, 0.2) is 0 Å². The highest BCUT2D eigenvalue weighted by atomic mass is 19.1. The summed E-state index contributed by atoms with van der Waals surface area (Å²) in [5.74, 6) is 0.793. The van der Waals surface area contributed by atoms with Crippen molar-refractivity contribution < 1.29 is 13.7 Å². The molecule has 1 aliphatic heterocycles. The summed E-state index contributed by atoms with van der Waals surface area (Å²) in [5.41, 5.74) is 1.50. The van der Waals surface area contributed by atoms with E-state index in [1.165, 1.54) is 6.07 Å². The normalized spacial score (nSPS) is 16.6. The van der Waals surface area contributed by atoms with Crippen molar-refractivity contribution in [2.24, 2.45) is 0 Å². The molecule has 1 amide bonds. The van der Waals surface area contributed by atoms with Crippen LogP contribution in [0, 0.1) is 5.82 Å². The average Bonchev–Trinajstić information content (AvgIpc) is 3.37. The zero-order valence-corrected chi connectivity index (χ0v) is 14.7. The molecule has 4 rings (SSSR count). The fraction of sp³-hybridized carbons (Fsp3) is 0.300. The zero-order valence-electron chi connectivity index (χ0n) is 14.7. The summed E-state index contributed by atoms with van der Waals surface area (Å²) in [6.07, 6.45) is 4.78. The van der Waals surface area contributed by atoms with E-state index in [2.05, 4.69) is 15.1 Å². The summed E-state index contributed by atoms with van der Waals surface area (Å²) in [7, 11) is 0. The number of likely N-dealkylation sites (tertiary alicyclic amines) is 1. The van der Waals surface area contributed by atoms with Gasteiger partial charge in [-0.1, -0.05) is 23.4 Å². The number of carbonyl (C=O) groups excluding carboxylic acids is 1. The Morgan fingerprint density at radius 3 is 2.85 bits per heavy atom. The molecule has 6 nitrogen and oxygen atoms in total. The van der Waals surface area contributed by atoms with Crippen molar-refractivity contribution in [3.63, 3.8) is 0 Å². The first-order valence-corrected chi connectivity index (χ1v) is 8.96. The number of rotatable bonds is 5. The first-order valence-electron chi connectivity index (χ1n) is 8.96. The molecule has 0 N–H and O–H groups in total. The van der Waals surface area contributed by atoms with Gasteiger partial charge in [-0.2, -0.15) is 4.98 Å². The molecular formula is C20H19FN4O2. The molecule has 0 bridgehead atoms. The van der Waals surface area contributed by atoms with Crippen LogP contribution in [0.3, 0.4) is 0 Å². The van der Waals surface area contributed by atoms with E-state index >= 15 is 0 Å². The molecule has 1 unspecified atom stereocenters. The quantitative estimate of drug-likeness (QED) is 0.693. The predicted molar refractivity (Wildman–Crippen MR) is 96.2 cm³/mol. The lowest BCUT2D eigenvalue weighted by molar-refractivity contribution is -0.130. The Balaban J connectivity index is 1.33. The van der Waals surface area contributed by atoms with Gasteiger partial charge in [0.1, 0.15) is 5.82 Å². The molecule has 1 atom stereocenters. The molecule has 2 aromatic heterocycles. The number of amides is 1. The number of hydrogen-bond donors (Lipinski definition) is 0. The van der Waals surface area contributed by atoms with Gasteiger partial charge in [-0.05, 0) is 30.2 Å². The second-order valence-corrected chi connectivity index (χ2v) is 6.59. The van der Waals surface area contributed by atoms with Crippen LogP contribution in [-0.4, -0.2) is 39.0 Å². The van der Waals surface area contributed by atoms with Gasteiger partial charge < -0.3 is 9.42 Å². The van der Waals surface area contributed by atoms with E-state index in [-0.39, 0.29) is 17.6 Å². The van der Waals surface area contributed by atoms with Crippen molar-refractivity contribution >= 4 is 5.91 Å². The Morgan fingerprint density at radius 2 is 2.04 bits per heavy atom. The summed E-state index contributed by atoms with van der Waals surface area (Å²) in [5, 5.41) is 3.94. The molecule has 0 spiro atoms. The summed E-state index contributed by atoms with van der Waals surface area (Å²) < 4.78 is 19.2. The van der Waals surface area contributed by atoms with Crippen LogP contribution in [0.25, 0.3) is 11.4 Å². The minimum atomic E-state index is -0.202. The maximum atomic E-state index is 13.9. The molecular weight excluding hydrogens is 347 g/mol. The Kier molecular flexibility index (Phi) is 4.91. The second-order valence-electron chi connectivity index (χ2n) is 6.59. The maximum Gasteiger partial charge on any atom is 0.227 e. The molecule has 0 saturated carbocycles. The van der Waals surface area contributed by atoms with Gasteiger partial charge in [-0.25, -0.2) is 4.39 Å². The topological polar surface area (TPSA) is 72.1 Å². The molecule has 1 fully saturated rings. The van der Waals surface area contributed by atoms with E-state index in [1.807, 2.05) is 6.07 Å². The van der Waals surface area contributed by atoms with E-state index in [0.717, 1.165) is 12.0 Å². The third-order valence-corrected chi connectivity index (χ3v) is 4.85. The van der Waals surface area contributed by atoms with E-state index in [0.29, 0.717) is 43.2 Å². The van der Waals surface area contributed by atoms with Crippen molar-refractivity contribution in [1.29, 1.82) is 0 Å². The number of aromatic nitrogens is 3. The van der Waals surface area contributed by atoms with Crippen molar-refractivity contribution in [1.82, 2.24) is 20.0 Å². The number of carbonyl (C=O) groups is 1. The molecule has 1 saturated heterocycles. The predicted octanol–water partition coefficient (Wildman–Crippen LogP) is 3.22. The number of aryl methyl sites for hydroxylation is 1. The minimum Gasteiger partial charge on any atom is -0.342 e. The van der Waals surface area contributed by atoms with Crippen molar-refractivity contribution in [3.8, 4) is 11.4 Å². The third-order valence-electron chi connectivity index (χ3n) is 4.85. The Hall–Kier alpha value is -3.09. The fourth-order valence-corrected chi connectivity index (χ4v) is 3.39. The van der Waals surface area contributed by atoms with E-state index in [1.54, 1.807) is 41.6 Å². The third kappa shape index (κ3) is 3.86. The highest BCUT2D eigenvalue weighted by molar-refractivity contribution is 5.76. The monoisotopic (exact) mass is 366 g/mol. The maximum absolute atomic E-state index is 13.9. The van der Waals surface area contributed by atoms with Crippen LogP contribution in [0.5, 0.6) is 0 Å². The first kappa shape index (κ1) is 17.3. The second kappa shape index (κ2) is 7.65. The molecule has 3 aromatic rings. The standard InChI is InChI=1S/C20H19FN4O2/c21-17-4-2-1-3-16(17)15-9-12-25(13-15)19(26)6-5-18-23-20(24-27-18)14-7-10-22-11-8-14/h1-4,7-8,10-11,15H,5-6,9,12-13H2. The summed E-state index contributed by atoms with van der Waals surface area (Å²) in [6.45, 7) is 1.19. The van der Waals surface area contributed by atoms with Crippen LogP contribution in [0.4, 0.5) is 4.39 Å². The lowest BCUT2D eigenvalue weighted by Gasteiger charge is -2.16. The van der Waals surface area contributed by atoms with Crippen LogP contribution in [0.2, 0.25) is 0 Å². The largest absolute Gasteiger partial charge is 0.342 e. The molecule has 7 heteroatoms. The van der Waals surface area contributed by atoms with Gasteiger partial charge in [0.05, 0.1) is 0 Å². The number of halogens is 1. The molecule has 0 aliphatic carbocycles. The smallest absolute Gasteiger partial charge is 0.227 e. The SMILES string of the molecule is O=C(CCc1nc(-c2ccncc2)no1)N1CCC(c2ccccc2F)C1. The lowest BCUT2D eigenvalue weighted by Crippen LogP contribution is -2.28. The molecule has 1 aliphatic rings. The fourth-order valence-electron chi connectivity index (χ4n) is 3.39. The number of pyridine rings is 1. The highest BCUT2D eigenvalue weighted by Crippen LogP contribution is 2.29. The first-order chi connectivity index (χ1) is 13.2. The summed E-state index contributed by atoms with van der Waals surface area (Å²) in [4.78, 5) is 22.6. The molecule has 3 heterocycles. The van der Waals surface area contributed by atoms with E-state index < -0.39 is 0 Å². The van der Waals surface area contributed by atoms with Crippen LogP contribution >= 0.6 is 0 Å². The van der Waals surface area contributed by atoms with Crippen LogP contribution in [0.1, 0.15) is 30.2 Å². The summed E-state index contributed by atoms with van der Waals surface area (Å²) >= 11 is 0. The van der Waals surface area contributed by atoms with Crippen LogP contribution < -0.4 is 0 Å². The van der Waals surface area contributed by atoms with Gasteiger partial charge in [0.25, 0.3) is 0 Å². The Bertz CT molecular complexity index is 928. The van der Waals surface area contributed by atoms with Crippen molar-refractivity contribution in [2.45, 2.75) is 25.2 Å². The van der Waals surface area contributed by atoms with Crippen LogP contribution in [0.15, 0.2) is 53.3 Å². The number of nitrogens with zero attached hydrogens (tertiary/aromatic N) is 4. The van der Waals surface area contributed by atoms with Crippen molar-refractivity contribution in [3.05, 3.63) is 66.1 Å². The molecule has 138 valence electrons. The van der Waals surface area contributed by atoms with E-state index in [4.69, 9.17) is 4.52 Å². The lowest BCUT2D eigenvalue weighted by atomic mass is 9.98. The van der Waals surface area contributed by atoms with E-state index in [9.17, 15) is 9.18 Å².